The summed E-state index contributed by atoms with van der Waals surface area (Å²) in [7, 11) is 0. The van der Waals surface area contributed by atoms with Gasteiger partial charge in [-0.3, -0.25) is 9.36 Å². The summed E-state index contributed by atoms with van der Waals surface area (Å²) < 4.78 is 1.40. The maximum Gasteiger partial charge on any atom is 0.253 e. The molecular formula is C16H16Cl2N2O2. The summed E-state index contributed by atoms with van der Waals surface area (Å²) in [4.78, 5) is 16.5. The van der Waals surface area contributed by atoms with Crippen LogP contribution in [0.3, 0.4) is 0 Å². The van der Waals surface area contributed by atoms with E-state index in [0.717, 1.165) is 18.5 Å². The van der Waals surface area contributed by atoms with E-state index >= 15 is 0 Å². The lowest BCUT2D eigenvalue weighted by atomic mass is 9.83. The number of hydrogen-bond acceptors (Lipinski definition) is 3. The van der Waals surface area contributed by atoms with Gasteiger partial charge in [0, 0.05) is 27.6 Å². The standard InChI is InChI=1S/C16H16Cl2N2O2/c17-11-4-5-12(13(18)6-11)15(21)8-20-9-19-14(7-16(20)22)10-2-1-3-10/h4-7,9-10,15,21H,1-3,8H2. The van der Waals surface area contributed by atoms with Crippen LogP contribution >= 0.6 is 23.2 Å². The molecule has 1 unspecified atom stereocenters. The highest BCUT2D eigenvalue weighted by Crippen LogP contribution is 2.34. The molecule has 1 N–H and O–H groups in total. The van der Waals surface area contributed by atoms with Crippen molar-refractivity contribution in [2.45, 2.75) is 37.8 Å². The van der Waals surface area contributed by atoms with Crippen LogP contribution in [0.4, 0.5) is 0 Å². The van der Waals surface area contributed by atoms with Crippen molar-refractivity contribution in [3.63, 3.8) is 0 Å². The fourth-order valence-corrected chi connectivity index (χ4v) is 3.10. The molecule has 1 aromatic heterocycles. The van der Waals surface area contributed by atoms with Crippen LogP contribution in [0.25, 0.3) is 0 Å². The Morgan fingerprint density at radius 2 is 2.09 bits per heavy atom. The summed E-state index contributed by atoms with van der Waals surface area (Å²) in [6, 6.07) is 6.46. The first-order chi connectivity index (χ1) is 10.5. The number of rotatable bonds is 4. The molecule has 0 saturated heterocycles. The van der Waals surface area contributed by atoms with Crippen molar-refractivity contribution in [1.29, 1.82) is 0 Å². The number of hydrogen-bond donors (Lipinski definition) is 1. The van der Waals surface area contributed by atoms with Crippen molar-refractivity contribution >= 4 is 23.2 Å². The van der Waals surface area contributed by atoms with Gasteiger partial charge in [-0.25, -0.2) is 4.98 Å². The average Bonchev–Trinajstić information content (AvgIpc) is 2.39. The van der Waals surface area contributed by atoms with Crippen LogP contribution in [-0.2, 0) is 6.54 Å². The molecule has 6 heteroatoms. The van der Waals surface area contributed by atoms with Gasteiger partial charge in [0.25, 0.3) is 5.56 Å². The number of nitrogens with zero attached hydrogens (tertiary/aromatic N) is 2. The Hall–Kier alpha value is -1.36. The van der Waals surface area contributed by atoms with E-state index < -0.39 is 6.10 Å². The van der Waals surface area contributed by atoms with Gasteiger partial charge in [-0.2, -0.15) is 0 Å². The second-order valence-corrected chi connectivity index (χ2v) is 6.46. The molecule has 0 amide bonds. The molecule has 0 bridgehead atoms. The lowest BCUT2D eigenvalue weighted by molar-refractivity contribution is 0.154. The fraction of sp³-hybridized carbons (Fsp3) is 0.375. The Labute approximate surface area is 138 Å². The summed E-state index contributed by atoms with van der Waals surface area (Å²) in [5.41, 5.74) is 1.24. The van der Waals surface area contributed by atoms with Crippen LogP contribution < -0.4 is 5.56 Å². The highest BCUT2D eigenvalue weighted by atomic mass is 35.5. The molecule has 4 nitrogen and oxygen atoms in total. The van der Waals surface area contributed by atoms with Crippen LogP contribution in [0.15, 0.2) is 35.4 Å². The Kier molecular flexibility index (Phi) is 4.52. The molecule has 1 aromatic carbocycles. The maximum absolute atomic E-state index is 12.1. The molecule has 1 aliphatic rings. The highest BCUT2D eigenvalue weighted by molar-refractivity contribution is 6.35. The van der Waals surface area contributed by atoms with E-state index in [1.54, 1.807) is 24.3 Å². The number of aliphatic hydroxyl groups excluding tert-OH is 1. The van der Waals surface area contributed by atoms with Gasteiger partial charge in [0.05, 0.1) is 24.7 Å². The van der Waals surface area contributed by atoms with Gasteiger partial charge in [-0.15, -0.1) is 0 Å². The molecule has 116 valence electrons. The fourth-order valence-electron chi connectivity index (χ4n) is 2.56. The topological polar surface area (TPSA) is 55.1 Å². The van der Waals surface area contributed by atoms with E-state index in [2.05, 4.69) is 4.98 Å². The third kappa shape index (κ3) is 3.19. The minimum Gasteiger partial charge on any atom is -0.386 e. The summed E-state index contributed by atoms with van der Waals surface area (Å²) in [6.45, 7) is 0.109. The summed E-state index contributed by atoms with van der Waals surface area (Å²) in [6.07, 6.45) is 4.00. The number of benzene rings is 1. The van der Waals surface area contributed by atoms with E-state index in [-0.39, 0.29) is 12.1 Å². The van der Waals surface area contributed by atoms with Crippen molar-refractivity contribution in [2.24, 2.45) is 0 Å². The van der Waals surface area contributed by atoms with E-state index in [0.29, 0.717) is 21.5 Å². The molecule has 22 heavy (non-hydrogen) atoms. The van der Waals surface area contributed by atoms with E-state index in [1.807, 2.05) is 0 Å². The molecule has 0 aliphatic heterocycles. The molecule has 0 radical (unpaired) electrons. The van der Waals surface area contributed by atoms with E-state index in [9.17, 15) is 9.90 Å². The largest absolute Gasteiger partial charge is 0.386 e. The van der Waals surface area contributed by atoms with Crippen LogP contribution in [0.2, 0.25) is 10.0 Å². The van der Waals surface area contributed by atoms with Crippen LogP contribution in [0, 0.1) is 0 Å². The first kappa shape index (κ1) is 15.5. The third-order valence-corrected chi connectivity index (χ3v) is 4.68. The van der Waals surface area contributed by atoms with Gasteiger partial charge in [0.1, 0.15) is 0 Å². The van der Waals surface area contributed by atoms with Crippen molar-refractivity contribution in [3.8, 4) is 0 Å². The summed E-state index contributed by atoms with van der Waals surface area (Å²) >= 11 is 11.9. The van der Waals surface area contributed by atoms with Gasteiger partial charge in [0.2, 0.25) is 0 Å². The van der Waals surface area contributed by atoms with Crippen molar-refractivity contribution in [2.75, 3.05) is 0 Å². The first-order valence-corrected chi connectivity index (χ1v) is 7.99. The first-order valence-electron chi connectivity index (χ1n) is 7.24. The van der Waals surface area contributed by atoms with Crippen LogP contribution in [0.1, 0.15) is 42.5 Å². The van der Waals surface area contributed by atoms with Gasteiger partial charge in [0.15, 0.2) is 0 Å². The van der Waals surface area contributed by atoms with Gasteiger partial charge < -0.3 is 5.11 Å². The Morgan fingerprint density at radius 3 is 2.68 bits per heavy atom. The molecule has 1 atom stereocenters. The van der Waals surface area contributed by atoms with Crippen molar-refractivity contribution < 1.29 is 5.11 Å². The van der Waals surface area contributed by atoms with Gasteiger partial charge >= 0.3 is 0 Å². The predicted octanol–water partition coefficient (Wildman–Crippen LogP) is 3.55. The molecule has 1 fully saturated rings. The summed E-state index contributed by atoms with van der Waals surface area (Å²) in [5.74, 6) is 0.415. The molecule has 2 aromatic rings. The molecular weight excluding hydrogens is 323 g/mol. The van der Waals surface area contributed by atoms with Crippen molar-refractivity contribution in [3.05, 3.63) is 62.2 Å². The molecule has 3 rings (SSSR count). The molecule has 1 heterocycles. The normalized spacial score (nSPS) is 16.3. The second kappa shape index (κ2) is 6.41. The average molecular weight is 339 g/mol. The molecule has 0 spiro atoms. The lowest BCUT2D eigenvalue weighted by Crippen LogP contribution is -2.25. The highest BCUT2D eigenvalue weighted by Gasteiger charge is 2.21. The van der Waals surface area contributed by atoms with Gasteiger partial charge in [-0.1, -0.05) is 35.7 Å². The monoisotopic (exact) mass is 338 g/mol. The Morgan fingerprint density at radius 1 is 1.32 bits per heavy atom. The summed E-state index contributed by atoms with van der Waals surface area (Å²) in [5, 5.41) is 11.2. The zero-order valence-corrected chi connectivity index (χ0v) is 13.4. The second-order valence-electron chi connectivity index (χ2n) is 5.61. The minimum atomic E-state index is -0.890. The number of halogens is 2. The SMILES string of the molecule is O=c1cc(C2CCC2)ncn1CC(O)c1ccc(Cl)cc1Cl. The van der Waals surface area contributed by atoms with Crippen molar-refractivity contribution in [1.82, 2.24) is 9.55 Å². The molecule has 1 aliphatic carbocycles. The quantitative estimate of drug-likeness (QED) is 0.927. The zero-order valence-electron chi connectivity index (χ0n) is 11.9. The van der Waals surface area contributed by atoms with E-state index in [1.165, 1.54) is 17.3 Å². The predicted molar refractivity (Wildman–Crippen MR) is 86.5 cm³/mol. The van der Waals surface area contributed by atoms with Crippen LogP contribution in [0.5, 0.6) is 0 Å². The maximum atomic E-state index is 12.1. The van der Waals surface area contributed by atoms with Gasteiger partial charge in [-0.05, 0) is 25.0 Å². The lowest BCUT2D eigenvalue weighted by Gasteiger charge is -2.24. The Balaban J connectivity index is 1.78. The minimum absolute atomic E-state index is 0.109. The Bertz CT molecular complexity index is 741. The zero-order chi connectivity index (χ0) is 15.7. The molecule has 1 saturated carbocycles. The third-order valence-electron chi connectivity index (χ3n) is 4.12. The number of aliphatic hydroxyl groups is 1. The van der Waals surface area contributed by atoms with E-state index in [4.69, 9.17) is 23.2 Å². The van der Waals surface area contributed by atoms with Crippen LogP contribution in [-0.4, -0.2) is 14.7 Å². The number of aromatic nitrogens is 2. The smallest absolute Gasteiger partial charge is 0.253 e.